The van der Waals surface area contributed by atoms with Crippen LogP contribution in [0.25, 0.3) is 0 Å². The number of nitrogens with zero attached hydrogens (tertiary/aromatic N) is 1. The van der Waals surface area contributed by atoms with Crippen molar-refractivity contribution < 1.29 is 9.47 Å². The second-order valence-electron chi connectivity index (χ2n) is 4.62. The third-order valence-corrected chi connectivity index (χ3v) is 3.21. The van der Waals surface area contributed by atoms with Crippen molar-refractivity contribution in [2.24, 2.45) is 0 Å². The summed E-state index contributed by atoms with van der Waals surface area (Å²) in [4.78, 5) is 2.34. The van der Waals surface area contributed by atoms with E-state index in [-0.39, 0.29) is 0 Å². The molecule has 0 aliphatic rings. The summed E-state index contributed by atoms with van der Waals surface area (Å²) in [5, 5.41) is 3.16. The highest BCUT2D eigenvalue weighted by Gasteiger charge is 2.05. The van der Waals surface area contributed by atoms with Crippen molar-refractivity contribution in [3.63, 3.8) is 0 Å². The van der Waals surface area contributed by atoms with Crippen LogP contribution in [0.15, 0.2) is 24.3 Å². The third-order valence-electron chi connectivity index (χ3n) is 3.21. The Kier molecular flexibility index (Phi) is 9.04. The summed E-state index contributed by atoms with van der Waals surface area (Å²) in [6, 6.07) is 8.18. The molecule has 0 atom stereocenters. The van der Waals surface area contributed by atoms with Crippen molar-refractivity contribution in [3.05, 3.63) is 29.8 Å². The number of hydrogen-bond acceptors (Lipinski definition) is 4. The number of rotatable bonds is 11. The summed E-state index contributed by atoms with van der Waals surface area (Å²) in [6.45, 7) is 10.2. The Morgan fingerprint density at radius 2 is 1.85 bits per heavy atom. The minimum atomic E-state index is 0.709. The number of nitrogens with one attached hydrogen (secondary N) is 1. The second-order valence-corrected chi connectivity index (χ2v) is 4.62. The van der Waals surface area contributed by atoms with Crippen molar-refractivity contribution >= 4 is 0 Å². The van der Waals surface area contributed by atoms with Crippen LogP contribution < -0.4 is 10.1 Å². The number of hydrogen-bond donors (Lipinski definition) is 1. The van der Waals surface area contributed by atoms with Crippen molar-refractivity contribution in [2.45, 2.75) is 20.4 Å². The topological polar surface area (TPSA) is 33.7 Å². The van der Waals surface area contributed by atoms with E-state index in [1.165, 1.54) is 5.56 Å². The lowest BCUT2D eigenvalue weighted by Gasteiger charge is -2.20. The number of ether oxygens (including phenoxy) is 2. The lowest BCUT2D eigenvalue weighted by molar-refractivity contribution is 0.108. The fraction of sp³-hybridized carbons (Fsp3) is 0.625. The summed E-state index contributed by atoms with van der Waals surface area (Å²) in [5.41, 5.74) is 1.20. The van der Waals surface area contributed by atoms with Gasteiger partial charge in [0.25, 0.3) is 0 Å². The first kappa shape index (κ1) is 17.0. The Balaban J connectivity index is 2.35. The highest BCUT2D eigenvalue weighted by molar-refractivity contribution is 5.33. The van der Waals surface area contributed by atoms with Crippen LogP contribution in [0, 0.1) is 0 Å². The molecule has 0 radical (unpaired) electrons. The molecule has 0 saturated heterocycles. The van der Waals surface area contributed by atoms with Crippen LogP contribution in [-0.2, 0) is 11.3 Å². The van der Waals surface area contributed by atoms with Gasteiger partial charge in [0.1, 0.15) is 12.4 Å². The van der Waals surface area contributed by atoms with Gasteiger partial charge in [-0.1, -0.05) is 25.1 Å². The first-order valence-corrected chi connectivity index (χ1v) is 7.47. The van der Waals surface area contributed by atoms with Crippen LogP contribution in [0.5, 0.6) is 5.75 Å². The monoisotopic (exact) mass is 280 g/mol. The molecule has 1 aromatic carbocycles. The maximum atomic E-state index is 5.91. The van der Waals surface area contributed by atoms with E-state index in [2.05, 4.69) is 23.2 Å². The Labute approximate surface area is 123 Å². The largest absolute Gasteiger partial charge is 0.492 e. The molecule has 4 heteroatoms. The average molecular weight is 280 g/mol. The van der Waals surface area contributed by atoms with Crippen molar-refractivity contribution in [1.82, 2.24) is 10.2 Å². The van der Waals surface area contributed by atoms with E-state index < -0.39 is 0 Å². The van der Waals surface area contributed by atoms with Crippen LogP contribution in [0.4, 0.5) is 0 Å². The third kappa shape index (κ3) is 6.37. The first-order valence-electron chi connectivity index (χ1n) is 7.47. The Morgan fingerprint density at radius 3 is 2.55 bits per heavy atom. The maximum absolute atomic E-state index is 5.91. The zero-order valence-corrected chi connectivity index (χ0v) is 13.0. The highest BCUT2D eigenvalue weighted by Crippen LogP contribution is 2.17. The molecule has 20 heavy (non-hydrogen) atoms. The second kappa shape index (κ2) is 10.7. The molecule has 0 aromatic heterocycles. The van der Waals surface area contributed by atoms with E-state index in [1.807, 2.05) is 32.2 Å². The lowest BCUT2D eigenvalue weighted by atomic mass is 10.2. The molecule has 0 aliphatic carbocycles. The normalized spacial score (nSPS) is 11.0. The minimum absolute atomic E-state index is 0.709. The van der Waals surface area contributed by atoms with Gasteiger partial charge in [-0.05, 0) is 26.6 Å². The molecule has 4 nitrogen and oxygen atoms in total. The zero-order chi connectivity index (χ0) is 14.6. The van der Waals surface area contributed by atoms with Crippen LogP contribution >= 0.6 is 0 Å². The highest BCUT2D eigenvalue weighted by atomic mass is 16.5. The van der Waals surface area contributed by atoms with E-state index in [0.29, 0.717) is 6.61 Å². The van der Waals surface area contributed by atoms with Gasteiger partial charge in [-0.15, -0.1) is 0 Å². The van der Waals surface area contributed by atoms with Gasteiger partial charge in [0.2, 0.25) is 0 Å². The molecule has 114 valence electrons. The molecule has 0 amide bonds. The summed E-state index contributed by atoms with van der Waals surface area (Å²) < 4.78 is 11.3. The predicted molar refractivity (Wildman–Crippen MR) is 83.3 cm³/mol. The SMILES string of the molecule is CCOCCN(CC)CCOc1ccccc1CNC. The van der Waals surface area contributed by atoms with Crippen LogP contribution in [0.3, 0.4) is 0 Å². The Hall–Kier alpha value is -1.10. The molecule has 0 fully saturated rings. The van der Waals surface area contributed by atoms with Gasteiger partial charge in [-0.25, -0.2) is 0 Å². The number of para-hydroxylation sites is 1. The van der Waals surface area contributed by atoms with Crippen molar-refractivity contribution in [1.29, 1.82) is 0 Å². The molecule has 1 N–H and O–H groups in total. The molecule has 1 rings (SSSR count). The smallest absolute Gasteiger partial charge is 0.123 e. The van der Waals surface area contributed by atoms with E-state index in [4.69, 9.17) is 9.47 Å². The quantitative estimate of drug-likeness (QED) is 0.630. The first-order chi connectivity index (χ1) is 9.81. The summed E-state index contributed by atoms with van der Waals surface area (Å²) in [5.74, 6) is 0.975. The zero-order valence-electron chi connectivity index (χ0n) is 13.0. The fourth-order valence-electron chi connectivity index (χ4n) is 2.03. The van der Waals surface area contributed by atoms with E-state index in [1.54, 1.807) is 0 Å². The van der Waals surface area contributed by atoms with Crippen LogP contribution in [-0.4, -0.2) is 51.4 Å². The molecule has 0 aliphatic heterocycles. The fourth-order valence-corrected chi connectivity index (χ4v) is 2.03. The Bertz CT molecular complexity index is 358. The van der Waals surface area contributed by atoms with Gasteiger partial charge in [-0.2, -0.15) is 0 Å². The molecule has 1 aromatic rings. The molecule has 0 spiro atoms. The van der Waals surface area contributed by atoms with Gasteiger partial charge >= 0.3 is 0 Å². The Morgan fingerprint density at radius 1 is 1.10 bits per heavy atom. The molecular formula is C16H28N2O2. The minimum Gasteiger partial charge on any atom is -0.492 e. The maximum Gasteiger partial charge on any atom is 0.123 e. The average Bonchev–Trinajstić information content (AvgIpc) is 2.48. The molecular weight excluding hydrogens is 252 g/mol. The molecule has 0 bridgehead atoms. The van der Waals surface area contributed by atoms with Gasteiger partial charge in [0, 0.05) is 31.8 Å². The lowest BCUT2D eigenvalue weighted by Crippen LogP contribution is -2.31. The van der Waals surface area contributed by atoms with Crippen LogP contribution in [0.2, 0.25) is 0 Å². The van der Waals surface area contributed by atoms with Gasteiger partial charge in [0.15, 0.2) is 0 Å². The van der Waals surface area contributed by atoms with Crippen molar-refractivity contribution in [3.8, 4) is 5.75 Å². The number of likely N-dealkylation sites (N-methyl/N-ethyl adjacent to an activating group) is 1. The standard InChI is InChI=1S/C16H28N2O2/c1-4-18(10-12-19-5-2)11-13-20-16-9-7-6-8-15(16)14-17-3/h6-9,17H,4-5,10-14H2,1-3H3. The summed E-state index contributed by atoms with van der Waals surface area (Å²) in [6.07, 6.45) is 0. The molecule has 0 unspecified atom stereocenters. The van der Waals surface area contributed by atoms with E-state index in [0.717, 1.165) is 45.1 Å². The van der Waals surface area contributed by atoms with Crippen molar-refractivity contribution in [2.75, 3.05) is 46.5 Å². The summed E-state index contributed by atoms with van der Waals surface area (Å²) in [7, 11) is 1.95. The van der Waals surface area contributed by atoms with Gasteiger partial charge in [-0.3, -0.25) is 4.90 Å². The molecule has 0 saturated carbocycles. The van der Waals surface area contributed by atoms with Gasteiger partial charge in [0.05, 0.1) is 6.61 Å². The predicted octanol–water partition coefficient (Wildman–Crippen LogP) is 2.14. The van der Waals surface area contributed by atoms with Gasteiger partial charge < -0.3 is 14.8 Å². The van der Waals surface area contributed by atoms with Crippen LogP contribution in [0.1, 0.15) is 19.4 Å². The summed E-state index contributed by atoms with van der Waals surface area (Å²) >= 11 is 0. The van der Waals surface area contributed by atoms with E-state index in [9.17, 15) is 0 Å². The van der Waals surface area contributed by atoms with E-state index >= 15 is 0 Å². The number of benzene rings is 1. The molecule has 0 heterocycles.